The molecule has 0 bridgehead atoms. The van der Waals surface area contributed by atoms with E-state index in [9.17, 15) is 13.6 Å². The summed E-state index contributed by atoms with van der Waals surface area (Å²) in [6.07, 6.45) is 3.32. The molecule has 2 aromatic rings. The van der Waals surface area contributed by atoms with E-state index < -0.39 is 0 Å². The third-order valence-electron chi connectivity index (χ3n) is 5.41. The van der Waals surface area contributed by atoms with Crippen LogP contribution in [0.4, 0.5) is 8.78 Å². The second kappa shape index (κ2) is 10.5. The Morgan fingerprint density at radius 2 is 1.62 bits per heavy atom. The van der Waals surface area contributed by atoms with E-state index in [0.29, 0.717) is 6.61 Å². The van der Waals surface area contributed by atoms with E-state index in [4.69, 9.17) is 10.5 Å². The van der Waals surface area contributed by atoms with Crippen molar-refractivity contribution in [1.82, 2.24) is 4.90 Å². The summed E-state index contributed by atoms with van der Waals surface area (Å²) < 4.78 is 32.7. The van der Waals surface area contributed by atoms with Crippen molar-refractivity contribution in [3.05, 3.63) is 71.3 Å². The lowest BCUT2D eigenvalue weighted by Crippen LogP contribution is -2.41. The van der Waals surface area contributed by atoms with Crippen LogP contribution in [0.3, 0.4) is 0 Å². The lowest BCUT2D eigenvalue weighted by Gasteiger charge is -2.31. The molecule has 2 aromatic carbocycles. The summed E-state index contributed by atoms with van der Waals surface area (Å²) in [5.41, 5.74) is 7.10. The molecule has 1 unspecified atom stereocenters. The van der Waals surface area contributed by atoms with Crippen LogP contribution in [0.1, 0.15) is 42.9 Å². The molecule has 0 aromatic heterocycles. The van der Waals surface area contributed by atoms with Gasteiger partial charge in [0.1, 0.15) is 17.7 Å². The number of unbranched alkanes of at least 4 members (excludes halogenated alkanes) is 1. The number of halogens is 2. The maximum atomic E-state index is 13.3. The summed E-state index contributed by atoms with van der Waals surface area (Å²) >= 11 is 0. The smallest absolute Gasteiger partial charge is 0.221 e. The van der Waals surface area contributed by atoms with E-state index in [-0.39, 0.29) is 29.6 Å². The van der Waals surface area contributed by atoms with Gasteiger partial charge in [0.2, 0.25) is 5.91 Å². The SMILES string of the molecule is NC(=O)C1CCCN(CCCCOC(c2ccc(F)cc2)c2ccc(F)cc2)C1. The van der Waals surface area contributed by atoms with E-state index in [1.807, 2.05) is 0 Å². The van der Waals surface area contributed by atoms with Crippen molar-refractivity contribution in [2.24, 2.45) is 11.7 Å². The van der Waals surface area contributed by atoms with Gasteiger partial charge in [0.05, 0.1) is 5.92 Å². The zero-order valence-electron chi connectivity index (χ0n) is 16.5. The zero-order chi connectivity index (χ0) is 20.6. The van der Waals surface area contributed by atoms with Gasteiger partial charge in [0.25, 0.3) is 0 Å². The number of likely N-dealkylation sites (tertiary alicyclic amines) is 1. The minimum Gasteiger partial charge on any atom is -0.369 e. The lowest BCUT2D eigenvalue weighted by atomic mass is 9.97. The molecular formula is C23H28F2N2O2. The number of carbonyl (C=O) groups is 1. The number of primary amides is 1. The molecule has 1 saturated heterocycles. The molecule has 1 aliphatic heterocycles. The molecule has 1 aliphatic rings. The number of benzene rings is 2. The number of rotatable bonds is 9. The first-order chi connectivity index (χ1) is 14.0. The topological polar surface area (TPSA) is 55.6 Å². The van der Waals surface area contributed by atoms with Gasteiger partial charge in [-0.1, -0.05) is 24.3 Å². The second-order valence-corrected chi connectivity index (χ2v) is 7.60. The van der Waals surface area contributed by atoms with Gasteiger partial charge in [0.15, 0.2) is 0 Å². The van der Waals surface area contributed by atoms with Gasteiger partial charge in [-0.2, -0.15) is 0 Å². The summed E-state index contributed by atoms with van der Waals surface area (Å²) in [4.78, 5) is 13.7. The van der Waals surface area contributed by atoms with Crippen LogP contribution in [-0.4, -0.2) is 37.0 Å². The monoisotopic (exact) mass is 402 g/mol. The summed E-state index contributed by atoms with van der Waals surface area (Å²) in [7, 11) is 0. The maximum Gasteiger partial charge on any atom is 0.221 e. The second-order valence-electron chi connectivity index (χ2n) is 7.60. The highest BCUT2D eigenvalue weighted by Gasteiger charge is 2.23. The molecule has 1 fully saturated rings. The highest BCUT2D eigenvalue weighted by molar-refractivity contribution is 5.76. The number of nitrogens with two attached hydrogens (primary N) is 1. The van der Waals surface area contributed by atoms with Crippen LogP contribution in [0, 0.1) is 17.6 Å². The lowest BCUT2D eigenvalue weighted by molar-refractivity contribution is -0.123. The molecule has 1 amide bonds. The quantitative estimate of drug-likeness (QED) is 0.644. The molecular weight excluding hydrogens is 374 g/mol. The van der Waals surface area contributed by atoms with E-state index in [1.165, 1.54) is 24.3 Å². The Hall–Kier alpha value is -2.31. The number of nitrogens with zero attached hydrogens (tertiary/aromatic N) is 1. The van der Waals surface area contributed by atoms with Crippen LogP contribution in [0.15, 0.2) is 48.5 Å². The summed E-state index contributed by atoms with van der Waals surface area (Å²) in [5.74, 6) is -0.856. The Morgan fingerprint density at radius 3 is 2.17 bits per heavy atom. The first-order valence-corrected chi connectivity index (χ1v) is 10.2. The fourth-order valence-electron chi connectivity index (χ4n) is 3.79. The molecule has 0 aliphatic carbocycles. The molecule has 0 radical (unpaired) electrons. The van der Waals surface area contributed by atoms with Gasteiger partial charge in [-0.25, -0.2) is 8.78 Å². The molecule has 29 heavy (non-hydrogen) atoms. The van der Waals surface area contributed by atoms with E-state index in [2.05, 4.69) is 4.90 Å². The number of amides is 1. The third-order valence-corrected chi connectivity index (χ3v) is 5.41. The van der Waals surface area contributed by atoms with E-state index in [1.54, 1.807) is 24.3 Å². The van der Waals surface area contributed by atoms with Crippen LogP contribution in [0.5, 0.6) is 0 Å². The standard InChI is InChI=1S/C23H28F2N2O2/c24-20-9-5-17(6-10-20)22(18-7-11-21(25)12-8-18)29-15-2-1-13-27-14-3-4-19(16-27)23(26)28/h5-12,19,22H,1-4,13-16H2,(H2,26,28). The van der Waals surface area contributed by atoms with Crippen molar-refractivity contribution in [2.75, 3.05) is 26.2 Å². The van der Waals surface area contributed by atoms with Gasteiger partial charge in [-0.15, -0.1) is 0 Å². The first-order valence-electron chi connectivity index (χ1n) is 10.2. The molecule has 3 rings (SSSR count). The van der Waals surface area contributed by atoms with Gasteiger partial charge < -0.3 is 15.4 Å². The molecule has 156 valence electrons. The molecule has 1 atom stereocenters. The zero-order valence-corrected chi connectivity index (χ0v) is 16.5. The van der Waals surface area contributed by atoms with Crippen molar-refractivity contribution in [3.63, 3.8) is 0 Å². The van der Waals surface area contributed by atoms with Gasteiger partial charge in [0, 0.05) is 13.2 Å². The maximum absolute atomic E-state index is 13.3. The number of ether oxygens (including phenoxy) is 1. The minimum absolute atomic E-state index is 0.0404. The van der Waals surface area contributed by atoms with Crippen molar-refractivity contribution >= 4 is 5.91 Å². The van der Waals surface area contributed by atoms with Gasteiger partial charge >= 0.3 is 0 Å². The average Bonchev–Trinajstić information content (AvgIpc) is 2.73. The molecule has 4 nitrogen and oxygen atoms in total. The fraction of sp³-hybridized carbons (Fsp3) is 0.435. The minimum atomic E-state index is -0.370. The van der Waals surface area contributed by atoms with Gasteiger partial charge in [-0.3, -0.25) is 4.79 Å². The number of piperidine rings is 1. The molecule has 0 spiro atoms. The average molecular weight is 402 g/mol. The van der Waals surface area contributed by atoms with Crippen molar-refractivity contribution in [2.45, 2.75) is 31.8 Å². The Morgan fingerprint density at radius 1 is 1.03 bits per heavy atom. The number of carbonyl (C=O) groups excluding carboxylic acids is 1. The molecule has 2 N–H and O–H groups in total. The van der Waals surface area contributed by atoms with Crippen LogP contribution in [-0.2, 0) is 9.53 Å². The first kappa shape index (κ1) is 21.4. The molecule has 1 heterocycles. The van der Waals surface area contributed by atoms with Crippen LogP contribution < -0.4 is 5.73 Å². The molecule has 0 saturated carbocycles. The highest BCUT2D eigenvalue weighted by atomic mass is 19.1. The summed E-state index contributed by atoms with van der Waals surface area (Å²) in [6.45, 7) is 3.18. The predicted molar refractivity (Wildman–Crippen MR) is 108 cm³/mol. The Balaban J connectivity index is 1.51. The predicted octanol–water partition coefficient (Wildman–Crippen LogP) is 4.05. The van der Waals surface area contributed by atoms with E-state index in [0.717, 1.165) is 56.4 Å². The Labute approximate surface area is 170 Å². The fourth-order valence-corrected chi connectivity index (χ4v) is 3.79. The largest absolute Gasteiger partial charge is 0.369 e. The normalized spacial score (nSPS) is 17.6. The Kier molecular flexibility index (Phi) is 7.72. The number of hydrogen-bond acceptors (Lipinski definition) is 3. The van der Waals surface area contributed by atoms with Crippen molar-refractivity contribution in [3.8, 4) is 0 Å². The van der Waals surface area contributed by atoms with Crippen molar-refractivity contribution < 1.29 is 18.3 Å². The number of hydrogen-bond donors (Lipinski definition) is 1. The van der Waals surface area contributed by atoms with Crippen LogP contribution in [0.2, 0.25) is 0 Å². The Bertz CT molecular complexity index is 735. The molecule has 6 heteroatoms. The van der Waals surface area contributed by atoms with Gasteiger partial charge in [-0.05, 0) is 74.2 Å². The highest BCUT2D eigenvalue weighted by Crippen LogP contribution is 2.27. The van der Waals surface area contributed by atoms with Crippen LogP contribution in [0.25, 0.3) is 0 Å². The third kappa shape index (κ3) is 6.34. The van der Waals surface area contributed by atoms with Crippen LogP contribution >= 0.6 is 0 Å². The van der Waals surface area contributed by atoms with E-state index >= 15 is 0 Å². The van der Waals surface area contributed by atoms with Crippen molar-refractivity contribution in [1.29, 1.82) is 0 Å². The summed E-state index contributed by atoms with van der Waals surface area (Å²) in [6, 6.07) is 12.4. The summed E-state index contributed by atoms with van der Waals surface area (Å²) in [5, 5.41) is 0.